The number of rotatable bonds is 5. The van der Waals surface area contributed by atoms with Crippen LogP contribution in [0.1, 0.15) is 31.4 Å². The average Bonchev–Trinajstić information content (AvgIpc) is 2.47. The van der Waals surface area contributed by atoms with Crippen LogP contribution in [-0.2, 0) is 10.2 Å². The van der Waals surface area contributed by atoms with Crippen molar-refractivity contribution in [3.8, 4) is 0 Å². The van der Waals surface area contributed by atoms with Crippen molar-refractivity contribution in [2.75, 3.05) is 19.7 Å². The van der Waals surface area contributed by atoms with Crippen LogP contribution in [-0.4, -0.2) is 37.5 Å². The van der Waals surface area contributed by atoms with Gasteiger partial charge in [0.05, 0.1) is 0 Å². The van der Waals surface area contributed by atoms with Crippen molar-refractivity contribution in [1.82, 2.24) is 9.03 Å². The quantitative estimate of drug-likeness (QED) is 0.825. The van der Waals surface area contributed by atoms with E-state index >= 15 is 0 Å². The van der Waals surface area contributed by atoms with Gasteiger partial charge in [-0.2, -0.15) is 17.4 Å². The van der Waals surface area contributed by atoms with Crippen molar-refractivity contribution in [2.24, 2.45) is 5.92 Å². The Kier molecular flexibility index (Phi) is 5.79. The summed E-state index contributed by atoms with van der Waals surface area (Å²) in [6.45, 7) is 2.76. The van der Waals surface area contributed by atoms with Gasteiger partial charge in [0.25, 0.3) is 10.2 Å². The third kappa shape index (κ3) is 4.50. The van der Waals surface area contributed by atoms with Crippen LogP contribution in [0.5, 0.6) is 0 Å². The van der Waals surface area contributed by atoms with Crippen molar-refractivity contribution >= 4 is 26.1 Å². The van der Waals surface area contributed by atoms with Gasteiger partial charge in [-0.15, -0.1) is 0 Å². The van der Waals surface area contributed by atoms with E-state index in [0.29, 0.717) is 13.1 Å². The van der Waals surface area contributed by atoms with Crippen molar-refractivity contribution < 1.29 is 13.5 Å². The predicted molar refractivity (Wildman–Crippen MR) is 86.0 cm³/mol. The van der Waals surface area contributed by atoms with Gasteiger partial charge in [-0.05, 0) is 43.4 Å². The van der Waals surface area contributed by atoms with E-state index in [4.69, 9.17) is 0 Å². The molecule has 1 aliphatic rings. The summed E-state index contributed by atoms with van der Waals surface area (Å²) in [5.74, 6) is 0.0401. The second kappa shape index (κ2) is 7.19. The molecule has 0 spiro atoms. The van der Waals surface area contributed by atoms with Crippen LogP contribution in [0.3, 0.4) is 0 Å². The topological polar surface area (TPSA) is 69.6 Å². The lowest BCUT2D eigenvalue weighted by Gasteiger charge is -2.31. The number of aliphatic hydroxyl groups excluding tert-OH is 1. The van der Waals surface area contributed by atoms with Gasteiger partial charge in [0.15, 0.2) is 0 Å². The number of hydrogen-bond donors (Lipinski definition) is 2. The molecular weight excluding hydrogens is 356 g/mol. The molecule has 0 aromatic heterocycles. The van der Waals surface area contributed by atoms with E-state index in [0.717, 1.165) is 22.9 Å². The van der Waals surface area contributed by atoms with Gasteiger partial charge >= 0.3 is 0 Å². The van der Waals surface area contributed by atoms with E-state index in [1.165, 1.54) is 4.31 Å². The summed E-state index contributed by atoms with van der Waals surface area (Å²) in [5.41, 5.74) is 0.914. The molecule has 1 fully saturated rings. The lowest BCUT2D eigenvalue weighted by molar-refractivity contribution is 0.164. The minimum Gasteiger partial charge on any atom is -0.396 e. The second-order valence-corrected chi connectivity index (χ2v) is 8.06. The molecule has 1 aromatic carbocycles. The Morgan fingerprint density at radius 2 is 2.10 bits per heavy atom. The Bertz CT molecular complexity index is 562. The summed E-state index contributed by atoms with van der Waals surface area (Å²) in [4.78, 5) is 0. The molecular formula is C14H21BrN2O3S. The van der Waals surface area contributed by atoms with Crippen LogP contribution in [0.25, 0.3) is 0 Å². The number of aliphatic hydroxyl groups is 1. The van der Waals surface area contributed by atoms with Crippen LogP contribution in [0.2, 0.25) is 0 Å². The molecule has 118 valence electrons. The van der Waals surface area contributed by atoms with Crippen LogP contribution >= 0.6 is 15.9 Å². The molecule has 7 heteroatoms. The van der Waals surface area contributed by atoms with Crippen LogP contribution < -0.4 is 4.72 Å². The molecule has 0 amide bonds. The second-order valence-electron chi connectivity index (χ2n) is 5.44. The smallest absolute Gasteiger partial charge is 0.280 e. The third-order valence-electron chi connectivity index (χ3n) is 3.78. The van der Waals surface area contributed by atoms with Gasteiger partial charge in [-0.3, -0.25) is 0 Å². The van der Waals surface area contributed by atoms with Gasteiger partial charge in [-0.1, -0.05) is 28.1 Å². The monoisotopic (exact) mass is 376 g/mol. The first kappa shape index (κ1) is 16.9. The third-order valence-corrected chi connectivity index (χ3v) is 5.97. The van der Waals surface area contributed by atoms with E-state index in [9.17, 15) is 13.5 Å². The predicted octanol–water partition coefficient (Wildman–Crippen LogP) is 2.05. The van der Waals surface area contributed by atoms with E-state index < -0.39 is 10.2 Å². The first-order valence-electron chi connectivity index (χ1n) is 7.06. The first-order chi connectivity index (χ1) is 9.92. The Morgan fingerprint density at radius 1 is 1.43 bits per heavy atom. The van der Waals surface area contributed by atoms with Gasteiger partial charge in [0.2, 0.25) is 0 Å². The number of halogens is 1. The zero-order chi connectivity index (χ0) is 15.5. The maximum absolute atomic E-state index is 12.4. The molecule has 2 N–H and O–H groups in total. The van der Waals surface area contributed by atoms with E-state index in [1.807, 2.05) is 31.2 Å². The zero-order valence-corrected chi connectivity index (χ0v) is 14.4. The molecule has 2 unspecified atom stereocenters. The van der Waals surface area contributed by atoms with Gasteiger partial charge in [0.1, 0.15) is 0 Å². The van der Waals surface area contributed by atoms with Gasteiger partial charge in [0, 0.05) is 30.2 Å². The van der Waals surface area contributed by atoms with E-state index in [2.05, 4.69) is 20.7 Å². The molecule has 2 atom stereocenters. The fourth-order valence-corrected chi connectivity index (χ4v) is 4.28. The summed E-state index contributed by atoms with van der Waals surface area (Å²) >= 11 is 3.36. The van der Waals surface area contributed by atoms with Crippen LogP contribution in [0.15, 0.2) is 28.7 Å². The Labute approximate surface area is 134 Å². The van der Waals surface area contributed by atoms with Crippen molar-refractivity contribution in [1.29, 1.82) is 0 Å². The molecule has 2 rings (SSSR count). The summed E-state index contributed by atoms with van der Waals surface area (Å²) < 4.78 is 29.9. The number of piperidine rings is 1. The summed E-state index contributed by atoms with van der Waals surface area (Å²) in [6.07, 6.45) is 1.67. The Hall–Kier alpha value is -0.470. The minimum absolute atomic E-state index is 0.0360. The molecule has 1 aliphatic heterocycles. The maximum atomic E-state index is 12.4. The Morgan fingerprint density at radius 3 is 2.71 bits per heavy atom. The largest absolute Gasteiger partial charge is 0.396 e. The number of benzene rings is 1. The summed E-state index contributed by atoms with van der Waals surface area (Å²) in [6, 6.07) is 7.28. The molecule has 1 aromatic rings. The highest BCUT2D eigenvalue weighted by molar-refractivity contribution is 9.10. The van der Waals surface area contributed by atoms with Crippen LogP contribution in [0.4, 0.5) is 0 Å². The lowest BCUT2D eigenvalue weighted by atomic mass is 10.0. The molecule has 1 saturated heterocycles. The molecule has 0 saturated carbocycles. The SMILES string of the molecule is CC(NS(=O)(=O)N1CCCC(CO)C1)c1ccc(Br)cc1. The highest BCUT2D eigenvalue weighted by Crippen LogP contribution is 2.21. The highest BCUT2D eigenvalue weighted by atomic mass is 79.9. The summed E-state index contributed by atoms with van der Waals surface area (Å²) in [7, 11) is -3.52. The normalized spacial score (nSPS) is 22.1. The highest BCUT2D eigenvalue weighted by Gasteiger charge is 2.29. The minimum atomic E-state index is -3.52. The number of hydrogen-bond acceptors (Lipinski definition) is 3. The van der Waals surface area contributed by atoms with Gasteiger partial charge in [-0.25, -0.2) is 0 Å². The maximum Gasteiger partial charge on any atom is 0.280 e. The molecule has 21 heavy (non-hydrogen) atoms. The Balaban J connectivity index is 2.04. The fourth-order valence-electron chi connectivity index (χ4n) is 2.51. The van der Waals surface area contributed by atoms with Crippen molar-refractivity contribution in [3.63, 3.8) is 0 Å². The van der Waals surface area contributed by atoms with Gasteiger partial charge < -0.3 is 5.11 Å². The first-order valence-corrected chi connectivity index (χ1v) is 9.29. The van der Waals surface area contributed by atoms with Crippen molar-refractivity contribution in [2.45, 2.75) is 25.8 Å². The average molecular weight is 377 g/mol. The molecule has 0 radical (unpaired) electrons. The van der Waals surface area contributed by atoms with Crippen molar-refractivity contribution in [3.05, 3.63) is 34.3 Å². The molecule has 0 bridgehead atoms. The van der Waals surface area contributed by atoms with Crippen LogP contribution in [0, 0.1) is 5.92 Å². The standard InChI is InChI=1S/C14H21BrN2O3S/c1-11(13-4-6-14(15)7-5-13)16-21(19,20)17-8-2-3-12(9-17)10-18/h4-7,11-12,16,18H,2-3,8-10H2,1H3. The number of nitrogens with zero attached hydrogens (tertiary/aromatic N) is 1. The fraction of sp³-hybridized carbons (Fsp3) is 0.571. The molecule has 5 nitrogen and oxygen atoms in total. The van der Waals surface area contributed by atoms with E-state index in [1.54, 1.807) is 0 Å². The number of nitrogens with one attached hydrogen (secondary N) is 1. The summed E-state index contributed by atoms with van der Waals surface area (Å²) in [5, 5.41) is 9.21. The molecule has 0 aliphatic carbocycles. The lowest BCUT2D eigenvalue weighted by Crippen LogP contribution is -2.47. The zero-order valence-electron chi connectivity index (χ0n) is 12.0. The molecule has 1 heterocycles. The van der Waals surface area contributed by atoms with E-state index in [-0.39, 0.29) is 18.6 Å².